The Morgan fingerprint density at radius 3 is 1.76 bits per heavy atom. The second-order valence-electron chi connectivity index (χ2n) is 7.36. The van der Waals surface area contributed by atoms with Gasteiger partial charge in [0.15, 0.2) is 0 Å². The number of allylic oxidation sites excluding steroid dienone is 8. The number of hydrogen-bond acceptors (Lipinski definition) is 0. The summed E-state index contributed by atoms with van der Waals surface area (Å²) in [5.41, 5.74) is 7.02. The first-order valence-corrected chi connectivity index (χ1v) is 9.18. The van der Waals surface area contributed by atoms with Gasteiger partial charge in [0.1, 0.15) is 0 Å². The first kappa shape index (κ1) is 13.6. The molecular formula is C21H28. The predicted octanol–water partition coefficient (Wildman–Crippen LogP) is 6.13. The van der Waals surface area contributed by atoms with Crippen LogP contribution in [-0.4, -0.2) is 0 Å². The lowest BCUT2D eigenvalue weighted by molar-refractivity contribution is 0.342. The zero-order valence-electron chi connectivity index (χ0n) is 13.4. The van der Waals surface area contributed by atoms with Crippen LogP contribution in [0, 0.1) is 17.8 Å². The van der Waals surface area contributed by atoms with Gasteiger partial charge in [0.2, 0.25) is 0 Å². The normalized spacial score (nSPS) is 32.6. The van der Waals surface area contributed by atoms with E-state index in [9.17, 15) is 0 Å². The second kappa shape index (κ2) is 5.63. The van der Waals surface area contributed by atoms with Crippen LogP contribution >= 0.6 is 0 Å². The van der Waals surface area contributed by atoms with E-state index in [4.69, 9.17) is 0 Å². The summed E-state index contributed by atoms with van der Waals surface area (Å²) in [6.07, 6.45) is 22.4. The third kappa shape index (κ3) is 2.28. The van der Waals surface area contributed by atoms with Gasteiger partial charge in [0, 0.05) is 11.8 Å². The van der Waals surface area contributed by atoms with Crippen LogP contribution in [0.1, 0.15) is 64.7 Å². The van der Waals surface area contributed by atoms with Crippen molar-refractivity contribution in [3.63, 3.8) is 0 Å². The molecule has 4 aliphatic rings. The minimum atomic E-state index is 0.744. The summed E-state index contributed by atoms with van der Waals surface area (Å²) in [4.78, 5) is 0. The van der Waals surface area contributed by atoms with Gasteiger partial charge >= 0.3 is 0 Å². The molecule has 4 aliphatic carbocycles. The summed E-state index contributed by atoms with van der Waals surface area (Å²) in [6.45, 7) is 2.41. The van der Waals surface area contributed by atoms with Crippen molar-refractivity contribution < 1.29 is 0 Å². The summed E-state index contributed by atoms with van der Waals surface area (Å²) in [5.74, 6) is 2.30. The van der Waals surface area contributed by atoms with E-state index in [0.29, 0.717) is 0 Å². The summed E-state index contributed by atoms with van der Waals surface area (Å²) >= 11 is 0. The van der Waals surface area contributed by atoms with Gasteiger partial charge in [-0.1, -0.05) is 48.8 Å². The van der Waals surface area contributed by atoms with Crippen molar-refractivity contribution in [3.05, 3.63) is 46.6 Å². The molecular weight excluding hydrogens is 252 g/mol. The third-order valence-electron chi connectivity index (χ3n) is 6.32. The highest BCUT2D eigenvalue weighted by molar-refractivity contribution is 5.43. The molecule has 0 heterocycles. The smallest absolute Gasteiger partial charge is 0.00227 e. The highest BCUT2D eigenvalue weighted by Gasteiger charge is 2.36. The largest absolute Gasteiger partial charge is 0.0767 e. The molecule has 0 aliphatic heterocycles. The molecule has 0 aromatic heterocycles. The van der Waals surface area contributed by atoms with Gasteiger partial charge in [-0.3, -0.25) is 0 Å². The quantitative estimate of drug-likeness (QED) is 0.583. The predicted molar refractivity (Wildman–Crippen MR) is 90.0 cm³/mol. The summed E-state index contributed by atoms with van der Waals surface area (Å²) in [6, 6.07) is 0. The summed E-state index contributed by atoms with van der Waals surface area (Å²) < 4.78 is 0. The zero-order chi connectivity index (χ0) is 14.2. The van der Waals surface area contributed by atoms with Crippen LogP contribution in [0.25, 0.3) is 0 Å². The van der Waals surface area contributed by atoms with E-state index in [2.05, 4.69) is 31.2 Å². The highest BCUT2D eigenvalue weighted by atomic mass is 14.4. The first-order chi connectivity index (χ1) is 10.4. The molecule has 0 bridgehead atoms. The fraction of sp³-hybridized carbons (Fsp3) is 0.619. The minimum Gasteiger partial charge on any atom is -0.0767 e. The number of rotatable bonds is 3. The van der Waals surface area contributed by atoms with E-state index >= 15 is 0 Å². The Hall–Kier alpha value is -1.04. The Balaban J connectivity index is 1.61. The third-order valence-corrected chi connectivity index (χ3v) is 6.32. The van der Waals surface area contributed by atoms with Gasteiger partial charge < -0.3 is 0 Å². The molecule has 0 saturated carbocycles. The molecule has 112 valence electrons. The fourth-order valence-electron chi connectivity index (χ4n) is 5.25. The van der Waals surface area contributed by atoms with Crippen molar-refractivity contribution in [3.8, 4) is 0 Å². The van der Waals surface area contributed by atoms with Crippen molar-refractivity contribution in [2.24, 2.45) is 17.8 Å². The van der Waals surface area contributed by atoms with Gasteiger partial charge in [-0.25, -0.2) is 0 Å². The average molecular weight is 280 g/mol. The maximum absolute atomic E-state index is 2.55. The monoisotopic (exact) mass is 280 g/mol. The minimum absolute atomic E-state index is 0.744. The van der Waals surface area contributed by atoms with Crippen LogP contribution in [0.15, 0.2) is 46.6 Å². The van der Waals surface area contributed by atoms with Crippen LogP contribution in [0.2, 0.25) is 0 Å². The van der Waals surface area contributed by atoms with E-state index < -0.39 is 0 Å². The zero-order valence-corrected chi connectivity index (χ0v) is 13.4. The highest BCUT2D eigenvalue weighted by Crippen LogP contribution is 2.48. The lowest BCUT2D eigenvalue weighted by Crippen LogP contribution is -2.23. The topological polar surface area (TPSA) is 0 Å². The molecule has 0 aromatic rings. The number of hydrogen-bond donors (Lipinski definition) is 0. The van der Waals surface area contributed by atoms with Crippen LogP contribution in [0.5, 0.6) is 0 Å². The molecule has 0 radical (unpaired) electrons. The Morgan fingerprint density at radius 2 is 1.29 bits per heavy atom. The molecule has 21 heavy (non-hydrogen) atoms. The van der Waals surface area contributed by atoms with E-state index in [1.165, 1.54) is 57.8 Å². The Morgan fingerprint density at radius 1 is 0.810 bits per heavy atom. The molecule has 2 unspecified atom stereocenters. The van der Waals surface area contributed by atoms with Gasteiger partial charge in [-0.05, 0) is 68.4 Å². The second-order valence-corrected chi connectivity index (χ2v) is 7.36. The Kier molecular flexibility index (Phi) is 3.65. The Labute approximate surface area is 129 Å². The SMILES string of the molecule is CCC(C1C=CC2=C1CCCC2)C1C=CC2=C1CCCC2. The van der Waals surface area contributed by atoms with E-state index in [1.54, 1.807) is 11.1 Å². The van der Waals surface area contributed by atoms with Gasteiger partial charge in [-0.2, -0.15) is 0 Å². The van der Waals surface area contributed by atoms with Crippen LogP contribution in [0.3, 0.4) is 0 Å². The van der Waals surface area contributed by atoms with Crippen molar-refractivity contribution in [1.82, 2.24) is 0 Å². The van der Waals surface area contributed by atoms with Crippen molar-refractivity contribution in [2.75, 3.05) is 0 Å². The lowest BCUT2D eigenvalue weighted by atomic mass is 9.71. The van der Waals surface area contributed by atoms with Crippen LogP contribution < -0.4 is 0 Å². The molecule has 0 amide bonds. The molecule has 0 N–H and O–H groups in total. The van der Waals surface area contributed by atoms with Crippen LogP contribution in [-0.2, 0) is 0 Å². The maximum atomic E-state index is 2.55. The molecule has 0 fully saturated rings. The molecule has 2 atom stereocenters. The molecule has 0 spiro atoms. The van der Waals surface area contributed by atoms with Crippen molar-refractivity contribution in [1.29, 1.82) is 0 Å². The molecule has 0 aromatic carbocycles. The molecule has 0 nitrogen and oxygen atoms in total. The van der Waals surface area contributed by atoms with E-state index in [-0.39, 0.29) is 0 Å². The molecule has 4 rings (SSSR count). The average Bonchev–Trinajstić information content (AvgIpc) is 3.14. The van der Waals surface area contributed by atoms with Gasteiger partial charge in [0.05, 0.1) is 0 Å². The van der Waals surface area contributed by atoms with E-state index in [0.717, 1.165) is 17.8 Å². The van der Waals surface area contributed by atoms with Crippen molar-refractivity contribution >= 4 is 0 Å². The maximum Gasteiger partial charge on any atom is 0.00227 e. The van der Waals surface area contributed by atoms with Gasteiger partial charge in [-0.15, -0.1) is 0 Å². The van der Waals surface area contributed by atoms with Crippen molar-refractivity contribution in [2.45, 2.75) is 64.7 Å². The lowest BCUT2D eigenvalue weighted by Gasteiger charge is -2.33. The summed E-state index contributed by atoms with van der Waals surface area (Å²) in [5, 5.41) is 0. The standard InChI is InChI=1S/C21H28/c1-2-17(20-13-11-15-7-3-5-9-18(15)20)21-14-12-16-8-4-6-10-19(16)21/h11-14,17,20-21H,2-10H2,1H3. The first-order valence-electron chi connectivity index (χ1n) is 9.18. The van der Waals surface area contributed by atoms with E-state index in [1.807, 2.05) is 11.1 Å². The Bertz CT molecular complexity index is 492. The summed E-state index contributed by atoms with van der Waals surface area (Å²) in [7, 11) is 0. The fourth-order valence-corrected chi connectivity index (χ4v) is 5.25. The molecule has 0 saturated heterocycles. The van der Waals surface area contributed by atoms with Gasteiger partial charge in [0.25, 0.3) is 0 Å². The van der Waals surface area contributed by atoms with Crippen LogP contribution in [0.4, 0.5) is 0 Å². The molecule has 0 heteroatoms.